The van der Waals surface area contributed by atoms with Crippen molar-refractivity contribution in [3.8, 4) is 5.75 Å². The van der Waals surface area contributed by atoms with Gasteiger partial charge in [0.1, 0.15) is 5.75 Å². The van der Waals surface area contributed by atoms with Gasteiger partial charge in [0, 0.05) is 12.6 Å². The lowest BCUT2D eigenvalue weighted by atomic mass is 10.2. The molecule has 1 aromatic carbocycles. The molecule has 0 radical (unpaired) electrons. The predicted octanol–water partition coefficient (Wildman–Crippen LogP) is 1.90. The molecule has 2 N–H and O–H groups in total. The highest BCUT2D eigenvalue weighted by molar-refractivity contribution is 7.80. The van der Waals surface area contributed by atoms with Crippen molar-refractivity contribution in [3.05, 3.63) is 29.8 Å². The zero-order valence-corrected chi connectivity index (χ0v) is 10.9. The second-order valence-electron chi connectivity index (χ2n) is 3.34. The molecule has 0 saturated carbocycles. The van der Waals surface area contributed by atoms with Crippen LogP contribution in [-0.4, -0.2) is 25.0 Å². The van der Waals surface area contributed by atoms with Gasteiger partial charge in [0.15, 0.2) is 5.11 Å². The van der Waals surface area contributed by atoms with Crippen LogP contribution in [0.25, 0.3) is 0 Å². The van der Waals surface area contributed by atoms with Gasteiger partial charge in [-0.1, -0.05) is 19.1 Å². The lowest BCUT2D eigenvalue weighted by Gasteiger charge is -2.07. The summed E-state index contributed by atoms with van der Waals surface area (Å²) in [6.45, 7) is 2.77. The highest BCUT2D eigenvalue weighted by Crippen LogP contribution is 2.15. The Morgan fingerprint density at radius 3 is 2.94 bits per heavy atom. The van der Waals surface area contributed by atoms with E-state index < -0.39 is 0 Å². The summed E-state index contributed by atoms with van der Waals surface area (Å²) in [5.74, 6) is 0.829. The van der Waals surface area contributed by atoms with Gasteiger partial charge in [-0.3, -0.25) is 5.43 Å². The van der Waals surface area contributed by atoms with Crippen molar-refractivity contribution in [2.24, 2.45) is 5.10 Å². The molecule has 0 fully saturated rings. The van der Waals surface area contributed by atoms with Crippen LogP contribution in [0.3, 0.4) is 0 Å². The average Bonchev–Trinajstić information content (AvgIpc) is 2.37. The smallest absolute Gasteiger partial charge is 0.186 e. The lowest BCUT2D eigenvalue weighted by Crippen LogP contribution is -2.28. The second kappa shape index (κ2) is 7.62. The van der Waals surface area contributed by atoms with Gasteiger partial charge in [-0.15, -0.1) is 0 Å². The first kappa shape index (κ1) is 13.4. The molecule has 0 atom stereocenters. The van der Waals surface area contributed by atoms with E-state index in [1.807, 2.05) is 24.3 Å². The molecule has 92 valence electrons. The molecule has 0 unspecified atom stereocenters. The molecule has 0 heterocycles. The van der Waals surface area contributed by atoms with E-state index in [4.69, 9.17) is 17.0 Å². The Balaban J connectivity index is 2.65. The highest BCUT2D eigenvalue weighted by atomic mass is 32.1. The number of hydrogen-bond acceptors (Lipinski definition) is 3. The summed E-state index contributed by atoms with van der Waals surface area (Å²) in [4.78, 5) is 0. The Hall–Kier alpha value is -1.62. The van der Waals surface area contributed by atoms with E-state index in [9.17, 15) is 0 Å². The fourth-order valence-corrected chi connectivity index (χ4v) is 1.20. The van der Waals surface area contributed by atoms with E-state index in [0.29, 0.717) is 11.7 Å². The standard InChI is InChI=1S/C12H17N3OS/c1-3-8-16-11-7-5-4-6-10(11)9-14-15-12(17)13-2/h4-7,9H,3,8H2,1-2H3,(H2,13,15,17)/b14-9-. The molecule has 0 bridgehead atoms. The third kappa shape index (κ3) is 4.82. The summed E-state index contributed by atoms with van der Waals surface area (Å²) < 4.78 is 5.60. The molecule has 0 aliphatic carbocycles. The molecular formula is C12H17N3OS. The largest absolute Gasteiger partial charge is 0.493 e. The monoisotopic (exact) mass is 251 g/mol. The number of ether oxygens (including phenoxy) is 1. The van der Waals surface area contributed by atoms with Gasteiger partial charge >= 0.3 is 0 Å². The van der Waals surface area contributed by atoms with E-state index in [2.05, 4.69) is 22.8 Å². The van der Waals surface area contributed by atoms with Crippen LogP contribution in [-0.2, 0) is 0 Å². The topological polar surface area (TPSA) is 45.6 Å². The minimum atomic E-state index is 0.480. The third-order valence-corrected chi connectivity index (χ3v) is 2.27. The van der Waals surface area contributed by atoms with Gasteiger partial charge in [-0.25, -0.2) is 0 Å². The molecule has 0 aliphatic rings. The summed E-state index contributed by atoms with van der Waals surface area (Å²) in [6, 6.07) is 7.75. The van der Waals surface area contributed by atoms with Crippen molar-refractivity contribution >= 4 is 23.5 Å². The summed E-state index contributed by atoms with van der Waals surface area (Å²) in [7, 11) is 1.74. The number of rotatable bonds is 5. The molecule has 0 spiro atoms. The lowest BCUT2D eigenvalue weighted by molar-refractivity contribution is 0.317. The number of para-hydroxylation sites is 1. The molecule has 0 amide bonds. The SMILES string of the molecule is CCCOc1ccccc1/C=N\NC(=S)NC. The van der Waals surface area contributed by atoms with Crippen LogP contribution in [0.15, 0.2) is 29.4 Å². The van der Waals surface area contributed by atoms with Crippen molar-refractivity contribution in [1.82, 2.24) is 10.7 Å². The van der Waals surface area contributed by atoms with E-state index in [-0.39, 0.29) is 0 Å². The molecule has 4 nitrogen and oxygen atoms in total. The van der Waals surface area contributed by atoms with E-state index in [1.54, 1.807) is 13.3 Å². The Morgan fingerprint density at radius 1 is 1.47 bits per heavy atom. The summed E-state index contributed by atoms with van der Waals surface area (Å²) in [5, 5.41) is 7.28. The Labute approximate surface area is 107 Å². The van der Waals surface area contributed by atoms with Crippen LogP contribution >= 0.6 is 12.2 Å². The fraction of sp³-hybridized carbons (Fsp3) is 0.333. The van der Waals surface area contributed by atoms with Crippen LogP contribution in [0.5, 0.6) is 5.75 Å². The predicted molar refractivity (Wildman–Crippen MR) is 74.6 cm³/mol. The summed E-state index contributed by atoms with van der Waals surface area (Å²) >= 11 is 4.91. The van der Waals surface area contributed by atoms with Crippen molar-refractivity contribution < 1.29 is 4.74 Å². The van der Waals surface area contributed by atoms with Crippen molar-refractivity contribution in [2.45, 2.75) is 13.3 Å². The number of hydrazone groups is 1. The average molecular weight is 251 g/mol. The Kier molecular flexibility index (Phi) is 6.03. The van der Waals surface area contributed by atoms with Gasteiger partial charge in [0.2, 0.25) is 0 Å². The Morgan fingerprint density at radius 2 is 2.24 bits per heavy atom. The number of thiocarbonyl (C=S) groups is 1. The third-order valence-electron chi connectivity index (χ3n) is 1.98. The number of hydrogen-bond donors (Lipinski definition) is 2. The van der Waals surface area contributed by atoms with E-state index >= 15 is 0 Å². The van der Waals surface area contributed by atoms with Crippen LogP contribution < -0.4 is 15.5 Å². The molecule has 0 saturated heterocycles. The first-order valence-electron chi connectivity index (χ1n) is 5.50. The summed E-state index contributed by atoms with van der Waals surface area (Å²) in [6.07, 6.45) is 2.67. The van der Waals surface area contributed by atoms with Gasteiger partial charge in [0.05, 0.1) is 12.8 Å². The minimum Gasteiger partial charge on any atom is -0.493 e. The maximum Gasteiger partial charge on any atom is 0.186 e. The molecule has 0 aromatic heterocycles. The molecule has 17 heavy (non-hydrogen) atoms. The summed E-state index contributed by atoms with van der Waals surface area (Å²) in [5.41, 5.74) is 3.62. The first-order valence-corrected chi connectivity index (χ1v) is 5.91. The van der Waals surface area contributed by atoms with Gasteiger partial charge in [-0.05, 0) is 30.8 Å². The van der Waals surface area contributed by atoms with Gasteiger partial charge < -0.3 is 10.1 Å². The van der Waals surface area contributed by atoms with Crippen molar-refractivity contribution in [1.29, 1.82) is 0 Å². The second-order valence-corrected chi connectivity index (χ2v) is 3.74. The number of benzene rings is 1. The Bertz CT molecular complexity index is 393. The zero-order valence-electron chi connectivity index (χ0n) is 10.1. The van der Waals surface area contributed by atoms with Gasteiger partial charge in [-0.2, -0.15) is 5.10 Å². The molecule has 1 aromatic rings. The fourth-order valence-electron chi connectivity index (χ4n) is 1.15. The van der Waals surface area contributed by atoms with Crippen LogP contribution in [0, 0.1) is 0 Å². The number of nitrogens with zero attached hydrogens (tertiary/aromatic N) is 1. The molecule has 1 rings (SSSR count). The van der Waals surface area contributed by atoms with E-state index in [0.717, 1.165) is 17.7 Å². The molecule has 0 aliphatic heterocycles. The molecular weight excluding hydrogens is 234 g/mol. The first-order chi connectivity index (χ1) is 8.27. The zero-order chi connectivity index (χ0) is 12.5. The van der Waals surface area contributed by atoms with Crippen molar-refractivity contribution in [3.63, 3.8) is 0 Å². The van der Waals surface area contributed by atoms with Crippen LogP contribution in [0.1, 0.15) is 18.9 Å². The highest BCUT2D eigenvalue weighted by Gasteiger charge is 1.99. The van der Waals surface area contributed by atoms with Crippen LogP contribution in [0.2, 0.25) is 0 Å². The van der Waals surface area contributed by atoms with Gasteiger partial charge in [0.25, 0.3) is 0 Å². The maximum atomic E-state index is 5.60. The number of nitrogens with one attached hydrogen (secondary N) is 2. The quantitative estimate of drug-likeness (QED) is 0.477. The van der Waals surface area contributed by atoms with Crippen LogP contribution in [0.4, 0.5) is 0 Å². The van der Waals surface area contributed by atoms with E-state index in [1.165, 1.54) is 0 Å². The maximum absolute atomic E-state index is 5.60. The normalized spacial score (nSPS) is 10.2. The molecule has 5 heteroatoms. The minimum absolute atomic E-state index is 0.480. The van der Waals surface area contributed by atoms with Crippen molar-refractivity contribution in [2.75, 3.05) is 13.7 Å².